The predicted molar refractivity (Wildman–Crippen MR) is 83.1 cm³/mol. The Morgan fingerprint density at radius 3 is 2.86 bits per heavy atom. The topological polar surface area (TPSA) is 37.8 Å². The van der Waals surface area contributed by atoms with E-state index in [9.17, 15) is 4.39 Å². The third kappa shape index (κ3) is 3.28. The van der Waals surface area contributed by atoms with E-state index in [1.165, 1.54) is 12.4 Å². The standard InChI is InChI=1S/C16H13ClFN3/c17-15-9-16(21-10-20-15)19-7-6-11-4-5-12-2-1-3-14(18)13(12)8-11/h1-5,8-10H,6-7H2,(H,19,20,21). The SMILES string of the molecule is Fc1cccc2ccc(CCNc3cc(Cl)ncn3)cc12. The van der Waals surface area contributed by atoms with Gasteiger partial charge in [0.25, 0.3) is 0 Å². The van der Waals surface area contributed by atoms with E-state index in [-0.39, 0.29) is 5.82 Å². The average Bonchev–Trinajstić information content (AvgIpc) is 2.48. The summed E-state index contributed by atoms with van der Waals surface area (Å²) in [5, 5.41) is 5.13. The Bertz CT molecular complexity index is 776. The van der Waals surface area contributed by atoms with E-state index < -0.39 is 0 Å². The fraction of sp³-hybridized carbons (Fsp3) is 0.125. The predicted octanol–water partition coefficient (Wildman–Crippen LogP) is 4.08. The van der Waals surface area contributed by atoms with Gasteiger partial charge in [0.2, 0.25) is 0 Å². The van der Waals surface area contributed by atoms with Crippen LogP contribution in [0.4, 0.5) is 10.2 Å². The van der Waals surface area contributed by atoms with Gasteiger partial charge in [-0.15, -0.1) is 0 Å². The lowest BCUT2D eigenvalue weighted by Crippen LogP contribution is -2.06. The summed E-state index contributed by atoms with van der Waals surface area (Å²) in [5.41, 5.74) is 1.07. The maximum atomic E-state index is 13.8. The van der Waals surface area contributed by atoms with Crippen molar-refractivity contribution >= 4 is 28.2 Å². The molecule has 0 aliphatic rings. The minimum absolute atomic E-state index is 0.190. The van der Waals surface area contributed by atoms with Gasteiger partial charge in [0.05, 0.1) is 0 Å². The number of aromatic nitrogens is 2. The average molecular weight is 302 g/mol. The molecule has 0 bridgehead atoms. The van der Waals surface area contributed by atoms with Gasteiger partial charge in [-0.2, -0.15) is 0 Å². The Labute approximate surface area is 126 Å². The van der Waals surface area contributed by atoms with Gasteiger partial charge in [-0.3, -0.25) is 0 Å². The van der Waals surface area contributed by atoms with E-state index in [0.29, 0.717) is 22.9 Å². The van der Waals surface area contributed by atoms with E-state index in [2.05, 4.69) is 15.3 Å². The number of rotatable bonds is 4. The summed E-state index contributed by atoms with van der Waals surface area (Å²) >= 11 is 5.79. The molecular formula is C16H13ClFN3. The smallest absolute Gasteiger partial charge is 0.134 e. The highest BCUT2D eigenvalue weighted by Crippen LogP contribution is 2.19. The van der Waals surface area contributed by atoms with Crippen molar-refractivity contribution in [2.24, 2.45) is 0 Å². The molecule has 0 amide bonds. The molecule has 3 nitrogen and oxygen atoms in total. The number of halogens is 2. The molecule has 106 valence electrons. The molecule has 0 atom stereocenters. The van der Waals surface area contributed by atoms with Crippen LogP contribution in [-0.2, 0) is 6.42 Å². The van der Waals surface area contributed by atoms with Crippen molar-refractivity contribution in [3.05, 3.63) is 65.3 Å². The molecule has 0 fully saturated rings. The zero-order valence-electron chi connectivity index (χ0n) is 11.2. The maximum Gasteiger partial charge on any atom is 0.134 e. The minimum Gasteiger partial charge on any atom is -0.370 e. The van der Waals surface area contributed by atoms with Crippen molar-refractivity contribution < 1.29 is 4.39 Å². The highest BCUT2D eigenvalue weighted by molar-refractivity contribution is 6.29. The van der Waals surface area contributed by atoms with Gasteiger partial charge in [0, 0.05) is 18.0 Å². The highest BCUT2D eigenvalue weighted by Gasteiger charge is 2.02. The van der Waals surface area contributed by atoms with Crippen molar-refractivity contribution in [3.8, 4) is 0 Å². The van der Waals surface area contributed by atoms with Crippen molar-refractivity contribution in [3.63, 3.8) is 0 Å². The molecule has 0 saturated heterocycles. The molecule has 21 heavy (non-hydrogen) atoms. The third-order valence-corrected chi connectivity index (χ3v) is 3.45. The van der Waals surface area contributed by atoms with E-state index in [1.54, 1.807) is 12.1 Å². The molecule has 0 radical (unpaired) electrons. The van der Waals surface area contributed by atoms with Crippen molar-refractivity contribution in [1.29, 1.82) is 0 Å². The number of nitrogens with one attached hydrogen (secondary N) is 1. The Balaban J connectivity index is 1.69. The highest BCUT2D eigenvalue weighted by atomic mass is 35.5. The first-order valence-corrected chi connectivity index (χ1v) is 6.99. The van der Waals surface area contributed by atoms with E-state index in [1.807, 2.05) is 24.3 Å². The summed E-state index contributed by atoms with van der Waals surface area (Å²) in [7, 11) is 0. The van der Waals surface area contributed by atoms with Crippen LogP contribution >= 0.6 is 11.6 Å². The maximum absolute atomic E-state index is 13.8. The monoisotopic (exact) mass is 301 g/mol. The number of hydrogen-bond donors (Lipinski definition) is 1. The largest absolute Gasteiger partial charge is 0.370 e. The van der Waals surface area contributed by atoms with Crippen LogP contribution in [0.1, 0.15) is 5.56 Å². The Kier molecular flexibility index (Phi) is 3.97. The van der Waals surface area contributed by atoms with Gasteiger partial charge in [0.1, 0.15) is 23.1 Å². The molecule has 3 rings (SSSR count). The van der Waals surface area contributed by atoms with E-state index in [0.717, 1.165) is 17.4 Å². The van der Waals surface area contributed by atoms with Crippen LogP contribution in [0.2, 0.25) is 5.15 Å². The fourth-order valence-electron chi connectivity index (χ4n) is 2.20. The summed E-state index contributed by atoms with van der Waals surface area (Å²) in [6, 6.07) is 12.6. The van der Waals surface area contributed by atoms with Gasteiger partial charge >= 0.3 is 0 Å². The van der Waals surface area contributed by atoms with Crippen LogP contribution in [0, 0.1) is 5.82 Å². The summed E-state index contributed by atoms with van der Waals surface area (Å²) in [5.74, 6) is 0.492. The number of nitrogens with zero attached hydrogens (tertiary/aromatic N) is 2. The minimum atomic E-state index is -0.190. The van der Waals surface area contributed by atoms with Crippen LogP contribution in [-0.4, -0.2) is 16.5 Å². The second-order valence-corrected chi connectivity index (χ2v) is 5.09. The molecule has 2 aromatic carbocycles. The molecule has 0 saturated carbocycles. The number of fused-ring (bicyclic) bond motifs is 1. The van der Waals surface area contributed by atoms with Gasteiger partial charge in [-0.25, -0.2) is 14.4 Å². The zero-order chi connectivity index (χ0) is 14.7. The second-order valence-electron chi connectivity index (χ2n) is 4.70. The van der Waals surface area contributed by atoms with Crippen molar-refractivity contribution in [2.75, 3.05) is 11.9 Å². The van der Waals surface area contributed by atoms with Gasteiger partial charge < -0.3 is 5.32 Å². The molecule has 1 aromatic heterocycles. The molecule has 0 spiro atoms. The normalized spacial score (nSPS) is 10.8. The van der Waals surface area contributed by atoms with Crippen molar-refractivity contribution in [1.82, 2.24) is 9.97 Å². The first kappa shape index (κ1) is 13.8. The summed E-state index contributed by atoms with van der Waals surface area (Å²) < 4.78 is 13.8. The number of anilines is 1. The van der Waals surface area contributed by atoms with Crippen molar-refractivity contribution in [2.45, 2.75) is 6.42 Å². The fourth-order valence-corrected chi connectivity index (χ4v) is 2.35. The summed E-state index contributed by atoms with van der Waals surface area (Å²) in [4.78, 5) is 7.89. The van der Waals surface area contributed by atoms with Gasteiger partial charge in [0.15, 0.2) is 0 Å². The molecule has 0 unspecified atom stereocenters. The lowest BCUT2D eigenvalue weighted by Gasteiger charge is -2.07. The first-order valence-electron chi connectivity index (χ1n) is 6.61. The Morgan fingerprint density at radius 2 is 2.00 bits per heavy atom. The van der Waals surface area contributed by atoms with E-state index >= 15 is 0 Å². The quantitative estimate of drug-likeness (QED) is 0.738. The molecular weight excluding hydrogens is 289 g/mol. The van der Waals surface area contributed by atoms with E-state index in [4.69, 9.17) is 11.6 Å². The third-order valence-electron chi connectivity index (χ3n) is 3.25. The van der Waals surface area contributed by atoms with Crippen LogP contribution in [0.5, 0.6) is 0 Å². The van der Waals surface area contributed by atoms with Crippen LogP contribution in [0.15, 0.2) is 48.8 Å². The zero-order valence-corrected chi connectivity index (χ0v) is 11.9. The molecule has 0 aliphatic carbocycles. The summed E-state index contributed by atoms with van der Waals surface area (Å²) in [6.45, 7) is 0.688. The first-order chi connectivity index (χ1) is 10.2. The number of hydrogen-bond acceptors (Lipinski definition) is 3. The van der Waals surface area contributed by atoms with Gasteiger partial charge in [-0.05, 0) is 29.5 Å². The van der Waals surface area contributed by atoms with Crippen LogP contribution < -0.4 is 5.32 Å². The molecule has 5 heteroatoms. The molecule has 1 N–H and O–H groups in total. The van der Waals surface area contributed by atoms with Gasteiger partial charge in [-0.1, -0.05) is 35.9 Å². The Hall–Kier alpha value is -2.20. The second kappa shape index (κ2) is 6.06. The number of benzene rings is 2. The lowest BCUT2D eigenvalue weighted by atomic mass is 10.0. The van der Waals surface area contributed by atoms with Crippen LogP contribution in [0.3, 0.4) is 0 Å². The lowest BCUT2D eigenvalue weighted by molar-refractivity contribution is 0.640. The molecule has 1 heterocycles. The molecule has 3 aromatic rings. The van der Waals surface area contributed by atoms with Crippen LogP contribution in [0.25, 0.3) is 10.8 Å². The molecule has 0 aliphatic heterocycles. The summed E-state index contributed by atoms with van der Waals surface area (Å²) in [6.07, 6.45) is 2.18. The Morgan fingerprint density at radius 1 is 1.10 bits per heavy atom.